The summed E-state index contributed by atoms with van der Waals surface area (Å²) >= 11 is 0. The third kappa shape index (κ3) is 6.96. The van der Waals surface area contributed by atoms with Crippen molar-refractivity contribution in [2.45, 2.75) is 70.0 Å². The summed E-state index contributed by atoms with van der Waals surface area (Å²) in [6.07, 6.45) is 3.50. The highest BCUT2D eigenvalue weighted by atomic mass is 32.2. The quantitative estimate of drug-likeness (QED) is 0.284. The molecule has 8 nitrogen and oxygen atoms in total. The molecule has 0 unspecified atom stereocenters. The number of hydrogen-bond donors (Lipinski definition) is 1. The molecule has 1 N–H and O–H groups in total. The minimum absolute atomic E-state index is 0.0431. The van der Waals surface area contributed by atoms with Crippen LogP contribution < -0.4 is 9.50 Å². The molecule has 3 rings (SSSR count). The summed E-state index contributed by atoms with van der Waals surface area (Å²) in [5.41, 5.74) is 0.793. The van der Waals surface area contributed by atoms with E-state index in [1.54, 1.807) is 35.2 Å². The summed E-state index contributed by atoms with van der Waals surface area (Å²) in [4.78, 5) is 26.4. The molecule has 1 aliphatic carbocycles. The van der Waals surface area contributed by atoms with Gasteiger partial charge in [-0.05, 0) is 62.9 Å². The van der Waals surface area contributed by atoms with Crippen LogP contribution >= 0.6 is 0 Å². The predicted molar refractivity (Wildman–Crippen MR) is 128 cm³/mol. The zero-order valence-corrected chi connectivity index (χ0v) is 20.6. The van der Waals surface area contributed by atoms with E-state index in [0.717, 1.165) is 24.8 Å². The van der Waals surface area contributed by atoms with E-state index in [1.807, 2.05) is 20.8 Å². The SMILES string of the molecule is CCCCOC(=O)c1ccccc1S(=O)(=O)Oc1ccc(CN(C(=O)NC(C)C)C2CC2)cc1. The van der Waals surface area contributed by atoms with Crippen molar-refractivity contribution >= 4 is 22.1 Å². The number of amides is 2. The minimum Gasteiger partial charge on any atom is -0.462 e. The molecule has 2 aromatic rings. The van der Waals surface area contributed by atoms with E-state index in [0.29, 0.717) is 13.0 Å². The summed E-state index contributed by atoms with van der Waals surface area (Å²) in [5.74, 6) is -0.589. The molecular formula is C25H32N2O6S. The van der Waals surface area contributed by atoms with Crippen LogP contribution in [-0.2, 0) is 21.4 Å². The van der Waals surface area contributed by atoms with Crippen LogP contribution in [0, 0.1) is 0 Å². The van der Waals surface area contributed by atoms with E-state index in [-0.39, 0.29) is 40.9 Å². The van der Waals surface area contributed by atoms with Crippen molar-refractivity contribution < 1.29 is 26.9 Å². The number of benzene rings is 2. The fourth-order valence-electron chi connectivity index (χ4n) is 3.34. The maximum Gasteiger partial charge on any atom is 0.340 e. The van der Waals surface area contributed by atoms with Crippen molar-refractivity contribution in [2.75, 3.05) is 6.61 Å². The lowest BCUT2D eigenvalue weighted by Crippen LogP contribution is -2.43. The molecule has 0 bridgehead atoms. The normalized spacial score (nSPS) is 13.4. The molecule has 1 fully saturated rings. The maximum absolute atomic E-state index is 12.9. The van der Waals surface area contributed by atoms with E-state index in [4.69, 9.17) is 8.92 Å². The Kier molecular flexibility index (Phi) is 8.55. The average molecular weight is 489 g/mol. The van der Waals surface area contributed by atoms with Crippen LogP contribution in [0.5, 0.6) is 5.75 Å². The molecule has 0 aromatic heterocycles. The molecule has 0 saturated heterocycles. The molecule has 2 amide bonds. The second kappa shape index (κ2) is 11.4. The van der Waals surface area contributed by atoms with E-state index in [1.165, 1.54) is 18.2 Å². The molecule has 1 saturated carbocycles. The zero-order valence-electron chi connectivity index (χ0n) is 19.8. The molecule has 2 aromatic carbocycles. The van der Waals surface area contributed by atoms with Gasteiger partial charge in [0.05, 0.1) is 12.2 Å². The number of nitrogens with zero attached hydrogens (tertiary/aromatic N) is 1. The van der Waals surface area contributed by atoms with Gasteiger partial charge in [0.25, 0.3) is 0 Å². The fourth-order valence-corrected chi connectivity index (χ4v) is 4.46. The van der Waals surface area contributed by atoms with Crippen LogP contribution in [0.4, 0.5) is 4.79 Å². The van der Waals surface area contributed by atoms with Crippen LogP contribution in [0.3, 0.4) is 0 Å². The van der Waals surface area contributed by atoms with Gasteiger partial charge in [-0.2, -0.15) is 8.42 Å². The van der Waals surface area contributed by atoms with Gasteiger partial charge in [0, 0.05) is 18.6 Å². The van der Waals surface area contributed by atoms with E-state index >= 15 is 0 Å². The van der Waals surface area contributed by atoms with Gasteiger partial charge in [-0.3, -0.25) is 0 Å². The van der Waals surface area contributed by atoms with Crippen LogP contribution in [0.1, 0.15) is 62.4 Å². The van der Waals surface area contributed by atoms with Crippen LogP contribution in [-0.4, -0.2) is 44.0 Å². The van der Waals surface area contributed by atoms with E-state index in [9.17, 15) is 18.0 Å². The van der Waals surface area contributed by atoms with Crippen molar-refractivity contribution in [2.24, 2.45) is 0 Å². The number of hydrogen-bond acceptors (Lipinski definition) is 6. The number of ether oxygens (including phenoxy) is 1. The van der Waals surface area contributed by atoms with Gasteiger partial charge < -0.3 is 19.1 Å². The van der Waals surface area contributed by atoms with Crippen LogP contribution in [0.25, 0.3) is 0 Å². The van der Waals surface area contributed by atoms with E-state index in [2.05, 4.69) is 5.32 Å². The van der Waals surface area contributed by atoms with E-state index < -0.39 is 16.1 Å². The number of rotatable bonds is 11. The standard InChI is InChI=1S/C25H32N2O6S/c1-4-5-16-32-24(28)22-8-6-7-9-23(22)34(30,31)33-21-14-10-19(11-15-21)17-27(20-12-13-20)25(29)26-18(2)3/h6-11,14-15,18,20H,4-5,12-13,16-17H2,1-3H3,(H,26,29). The van der Waals surface area contributed by atoms with Crippen molar-refractivity contribution in [3.63, 3.8) is 0 Å². The second-order valence-electron chi connectivity index (χ2n) is 8.63. The average Bonchev–Trinajstić information content (AvgIpc) is 3.63. The summed E-state index contributed by atoms with van der Waals surface area (Å²) in [7, 11) is -4.26. The number of esters is 1. The molecule has 184 valence electrons. The van der Waals surface area contributed by atoms with Gasteiger partial charge in [-0.25, -0.2) is 9.59 Å². The Morgan fingerprint density at radius 3 is 2.38 bits per heavy atom. The second-order valence-corrected chi connectivity index (χ2v) is 10.1. The van der Waals surface area contributed by atoms with Gasteiger partial charge in [0.1, 0.15) is 10.6 Å². The zero-order chi connectivity index (χ0) is 24.7. The molecule has 0 radical (unpaired) electrons. The molecule has 0 heterocycles. The monoisotopic (exact) mass is 488 g/mol. The van der Waals surface area contributed by atoms with Crippen molar-refractivity contribution in [1.82, 2.24) is 10.2 Å². The lowest BCUT2D eigenvalue weighted by Gasteiger charge is -2.24. The first kappa shape index (κ1) is 25.6. The first-order chi connectivity index (χ1) is 16.2. The Labute approximate surface area is 201 Å². The molecule has 9 heteroatoms. The summed E-state index contributed by atoms with van der Waals surface area (Å²) in [5, 5.41) is 2.92. The Hall–Kier alpha value is -3.07. The van der Waals surface area contributed by atoms with Crippen molar-refractivity contribution in [3.8, 4) is 5.75 Å². The van der Waals surface area contributed by atoms with Crippen LogP contribution in [0.15, 0.2) is 53.4 Å². The smallest absolute Gasteiger partial charge is 0.340 e. The first-order valence-electron chi connectivity index (χ1n) is 11.6. The van der Waals surface area contributed by atoms with Gasteiger partial charge >= 0.3 is 22.1 Å². The number of carbonyl (C=O) groups excluding carboxylic acids is 2. The molecule has 0 spiro atoms. The fraction of sp³-hybridized carbons (Fsp3) is 0.440. The first-order valence-corrected chi connectivity index (χ1v) is 13.0. The minimum atomic E-state index is -4.26. The molecular weight excluding hydrogens is 456 g/mol. The maximum atomic E-state index is 12.9. The van der Waals surface area contributed by atoms with Crippen LogP contribution in [0.2, 0.25) is 0 Å². The van der Waals surface area contributed by atoms with Crippen molar-refractivity contribution in [1.29, 1.82) is 0 Å². The van der Waals surface area contributed by atoms with Gasteiger partial charge in [0.2, 0.25) is 0 Å². The number of urea groups is 1. The van der Waals surface area contributed by atoms with Gasteiger partial charge in [-0.1, -0.05) is 37.6 Å². The van der Waals surface area contributed by atoms with Gasteiger partial charge in [0.15, 0.2) is 0 Å². The lowest BCUT2D eigenvalue weighted by molar-refractivity contribution is 0.0495. The highest BCUT2D eigenvalue weighted by Gasteiger charge is 2.33. The highest BCUT2D eigenvalue weighted by Crippen LogP contribution is 2.29. The topological polar surface area (TPSA) is 102 Å². The molecule has 0 aliphatic heterocycles. The largest absolute Gasteiger partial charge is 0.462 e. The Morgan fingerprint density at radius 1 is 1.09 bits per heavy atom. The third-order valence-electron chi connectivity index (χ3n) is 5.25. The Bertz CT molecular complexity index is 1090. The Balaban J connectivity index is 1.70. The summed E-state index contributed by atoms with van der Waals surface area (Å²) in [6, 6.07) is 12.5. The molecule has 1 aliphatic rings. The number of nitrogens with one attached hydrogen (secondary N) is 1. The third-order valence-corrected chi connectivity index (χ3v) is 6.56. The summed E-state index contributed by atoms with van der Waals surface area (Å²) in [6.45, 7) is 6.44. The van der Waals surface area contributed by atoms with Gasteiger partial charge in [-0.15, -0.1) is 0 Å². The lowest BCUT2D eigenvalue weighted by atomic mass is 10.2. The molecule has 34 heavy (non-hydrogen) atoms. The Morgan fingerprint density at radius 2 is 1.76 bits per heavy atom. The van der Waals surface area contributed by atoms with Crippen molar-refractivity contribution in [3.05, 3.63) is 59.7 Å². The number of unbranched alkanes of at least 4 members (excludes halogenated alkanes) is 1. The predicted octanol–water partition coefficient (Wildman–Crippen LogP) is 4.49. The summed E-state index contributed by atoms with van der Waals surface area (Å²) < 4.78 is 36.3. The molecule has 0 atom stereocenters. The highest BCUT2D eigenvalue weighted by molar-refractivity contribution is 7.87. The number of carbonyl (C=O) groups is 2.